The first-order chi connectivity index (χ1) is 16.6. The number of carbonyl (C=O) groups excluding carboxylic acids is 2. The average Bonchev–Trinajstić information content (AvgIpc) is 3.62. The van der Waals surface area contributed by atoms with Crippen LogP contribution in [0.3, 0.4) is 0 Å². The highest BCUT2D eigenvalue weighted by Gasteiger charge is 2.30. The van der Waals surface area contributed by atoms with Crippen molar-refractivity contribution in [3.8, 4) is 11.5 Å². The number of ether oxygens (including phenoxy) is 1. The molecule has 1 aliphatic rings. The maximum atomic E-state index is 14.0. The zero-order valence-corrected chi connectivity index (χ0v) is 19.0. The molecule has 1 heterocycles. The summed E-state index contributed by atoms with van der Waals surface area (Å²) in [6.07, 6.45) is 3.29. The van der Waals surface area contributed by atoms with Crippen LogP contribution >= 0.6 is 0 Å². The molecule has 1 saturated carbocycles. The van der Waals surface area contributed by atoms with Gasteiger partial charge in [0, 0.05) is 36.4 Å². The summed E-state index contributed by atoms with van der Waals surface area (Å²) >= 11 is 0. The maximum absolute atomic E-state index is 14.0. The Bertz CT molecular complexity index is 1270. The molecular weight excluding hydrogens is 461 g/mol. The minimum Gasteiger partial charge on any atom is -0.457 e. The van der Waals surface area contributed by atoms with Gasteiger partial charge in [-0.3, -0.25) is 4.79 Å². The third-order valence-corrected chi connectivity index (χ3v) is 5.33. The number of amides is 3. The van der Waals surface area contributed by atoms with Crippen LogP contribution in [0.2, 0.25) is 0 Å². The highest BCUT2D eigenvalue weighted by atomic mass is 19.3. The molecule has 182 valence electrons. The molecule has 1 aliphatic carbocycles. The van der Waals surface area contributed by atoms with Gasteiger partial charge < -0.3 is 20.7 Å². The van der Waals surface area contributed by atoms with Crippen molar-refractivity contribution in [1.82, 2.24) is 4.98 Å². The second kappa shape index (κ2) is 9.65. The quantitative estimate of drug-likeness (QED) is 0.361. The molecule has 0 aliphatic heterocycles. The molecule has 1 fully saturated rings. The molecular formula is C25H23F3N4O3. The Kier molecular flexibility index (Phi) is 6.63. The summed E-state index contributed by atoms with van der Waals surface area (Å²) in [5.41, 5.74) is 0.280. The summed E-state index contributed by atoms with van der Waals surface area (Å²) in [7, 11) is 0. The van der Waals surface area contributed by atoms with Crippen LogP contribution < -0.4 is 20.7 Å². The standard InChI is InChI=1S/C25H23F3N4O3/c1-14-11-17(35-18-9-10-29-22(13-18)32-23(33)15-3-4-15)6-8-20(14)30-24(34)31-21-12-16(25(2,27)28)5-7-19(21)26/h5-13,15H,3-4H2,1-2H3,(H,29,32,33)(H2,30,31,34). The van der Waals surface area contributed by atoms with Crippen molar-refractivity contribution >= 4 is 29.1 Å². The van der Waals surface area contributed by atoms with Gasteiger partial charge in [0.25, 0.3) is 5.92 Å². The summed E-state index contributed by atoms with van der Waals surface area (Å²) in [5.74, 6) is -2.69. The molecule has 35 heavy (non-hydrogen) atoms. The minimum atomic E-state index is -3.18. The molecule has 0 radical (unpaired) electrons. The first kappa shape index (κ1) is 24.1. The highest BCUT2D eigenvalue weighted by molar-refractivity contribution is 6.00. The predicted molar refractivity (Wildman–Crippen MR) is 125 cm³/mol. The van der Waals surface area contributed by atoms with Gasteiger partial charge in [-0.15, -0.1) is 0 Å². The highest BCUT2D eigenvalue weighted by Crippen LogP contribution is 2.32. The van der Waals surface area contributed by atoms with Crippen LogP contribution in [0, 0.1) is 18.7 Å². The van der Waals surface area contributed by atoms with Crippen LogP contribution in [0.1, 0.15) is 30.9 Å². The molecule has 10 heteroatoms. The topological polar surface area (TPSA) is 92.3 Å². The van der Waals surface area contributed by atoms with Gasteiger partial charge in [0.05, 0.1) is 5.69 Å². The van der Waals surface area contributed by atoms with Crippen LogP contribution in [-0.4, -0.2) is 16.9 Å². The summed E-state index contributed by atoms with van der Waals surface area (Å²) < 4.78 is 46.9. The molecule has 1 aromatic heterocycles. The summed E-state index contributed by atoms with van der Waals surface area (Å²) in [6, 6.07) is 10.1. The second-order valence-corrected chi connectivity index (χ2v) is 8.38. The first-order valence-corrected chi connectivity index (χ1v) is 10.9. The van der Waals surface area contributed by atoms with E-state index in [1.54, 1.807) is 37.3 Å². The molecule has 3 N–H and O–H groups in total. The zero-order chi connectivity index (χ0) is 25.2. The molecule has 3 amide bonds. The number of halogens is 3. The van der Waals surface area contributed by atoms with Crippen LogP contribution in [0.4, 0.5) is 35.2 Å². The molecule has 3 aromatic rings. The number of aryl methyl sites for hydroxylation is 1. The van der Waals surface area contributed by atoms with Crippen LogP contribution in [0.5, 0.6) is 11.5 Å². The Hall–Kier alpha value is -4.08. The number of anilines is 3. The van der Waals surface area contributed by atoms with Gasteiger partial charge in [0.2, 0.25) is 5.91 Å². The number of benzene rings is 2. The predicted octanol–water partition coefficient (Wildman–Crippen LogP) is 6.43. The molecule has 2 aromatic carbocycles. The zero-order valence-electron chi connectivity index (χ0n) is 19.0. The van der Waals surface area contributed by atoms with Crippen LogP contribution in [0.15, 0.2) is 54.7 Å². The molecule has 4 rings (SSSR count). The van der Waals surface area contributed by atoms with Crippen LogP contribution in [-0.2, 0) is 10.7 Å². The van der Waals surface area contributed by atoms with Crippen molar-refractivity contribution < 1.29 is 27.5 Å². The lowest BCUT2D eigenvalue weighted by Gasteiger charge is -2.15. The Balaban J connectivity index is 1.40. The van der Waals surface area contributed by atoms with Gasteiger partial charge in [-0.1, -0.05) is 6.07 Å². The largest absolute Gasteiger partial charge is 0.457 e. The molecule has 7 nitrogen and oxygen atoms in total. The lowest BCUT2D eigenvalue weighted by Crippen LogP contribution is -2.21. The van der Waals surface area contributed by atoms with Gasteiger partial charge in [-0.2, -0.15) is 0 Å². The van der Waals surface area contributed by atoms with Crippen molar-refractivity contribution in [2.45, 2.75) is 32.6 Å². The van der Waals surface area contributed by atoms with E-state index in [0.29, 0.717) is 35.5 Å². The third kappa shape index (κ3) is 6.28. The number of alkyl halides is 2. The number of carbonyl (C=O) groups is 2. The van der Waals surface area contributed by atoms with Crippen molar-refractivity contribution in [2.75, 3.05) is 16.0 Å². The van der Waals surface area contributed by atoms with E-state index in [2.05, 4.69) is 20.9 Å². The lowest BCUT2D eigenvalue weighted by atomic mass is 10.1. The van der Waals surface area contributed by atoms with Gasteiger partial charge in [0.15, 0.2) is 0 Å². The van der Waals surface area contributed by atoms with Crippen molar-refractivity contribution in [3.05, 3.63) is 71.7 Å². The Morgan fingerprint density at radius 1 is 0.971 bits per heavy atom. The molecule has 0 saturated heterocycles. The van der Waals surface area contributed by atoms with Gasteiger partial charge >= 0.3 is 6.03 Å². The Morgan fingerprint density at radius 3 is 2.37 bits per heavy atom. The van der Waals surface area contributed by atoms with E-state index in [9.17, 15) is 22.8 Å². The normalized spacial score (nSPS) is 13.2. The summed E-state index contributed by atoms with van der Waals surface area (Å²) in [6.45, 7) is 2.42. The van der Waals surface area contributed by atoms with E-state index in [0.717, 1.165) is 31.0 Å². The van der Waals surface area contributed by atoms with Gasteiger partial charge in [-0.25, -0.2) is 22.9 Å². The van der Waals surface area contributed by atoms with E-state index < -0.39 is 23.3 Å². The number of hydrogen-bond donors (Lipinski definition) is 3. The van der Waals surface area contributed by atoms with E-state index in [4.69, 9.17) is 4.74 Å². The third-order valence-electron chi connectivity index (χ3n) is 5.33. The van der Waals surface area contributed by atoms with Crippen LogP contribution in [0.25, 0.3) is 0 Å². The first-order valence-electron chi connectivity index (χ1n) is 10.9. The Morgan fingerprint density at radius 2 is 1.69 bits per heavy atom. The minimum absolute atomic E-state index is 0.0503. The number of nitrogens with zero attached hydrogens (tertiary/aromatic N) is 1. The van der Waals surface area contributed by atoms with Crippen molar-refractivity contribution in [2.24, 2.45) is 5.92 Å². The average molecular weight is 484 g/mol. The fraction of sp³-hybridized carbons (Fsp3) is 0.240. The fourth-order valence-corrected chi connectivity index (χ4v) is 3.26. The fourth-order valence-electron chi connectivity index (χ4n) is 3.26. The second-order valence-electron chi connectivity index (χ2n) is 8.38. The van der Waals surface area contributed by atoms with Crippen molar-refractivity contribution in [3.63, 3.8) is 0 Å². The van der Waals surface area contributed by atoms with E-state index >= 15 is 0 Å². The molecule has 0 atom stereocenters. The number of hydrogen-bond acceptors (Lipinski definition) is 4. The van der Waals surface area contributed by atoms with Gasteiger partial charge in [-0.05, 0) is 61.7 Å². The van der Waals surface area contributed by atoms with E-state index in [1.807, 2.05) is 0 Å². The van der Waals surface area contributed by atoms with E-state index in [-0.39, 0.29) is 17.5 Å². The molecule has 0 spiro atoms. The monoisotopic (exact) mass is 484 g/mol. The number of nitrogens with one attached hydrogen (secondary N) is 3. The lowest BCUT2D eigenvalue weighted by molar-refractivity contribution is -0.117. The van der Waals surface area contributed by atoms with Gasteiger partial charge in [0.1, 0.15) is 23.1 Å². The van der Waals surface area contributed by atoms with E-state index in [1.165, 1.54) is 6.20 Å². The maximum Gasteiger partial charge on any atom is 0.323 e. The number of rotatable bonds is 7. The Labute approximate surface area is 199 Å². The van der Waals surface area contributed by atoms with Crippen molar-refractivity contribution in [1.29, 1.82) is 0 Å². The summed E-state index contributed by atoms with van der Waals surface area (Å²) in [4.78, 5) is 28.4. The summed E-state index contributed by atoms with van der Waals surface area (Å²) in [5, 5.41) is 7.58. The number of urea groups is 1. The molecule has 0 bridgehead atoms. The SMILES string of the molecule is Cc1cc(Oc2ccnc(NC(=O)C3CC3)c2)ccc1NC(=O)Nc1cc(C(C)(F)F)ccc1F. The number of aromatic nitrogens is 1. The molecule has 0 unspecified atom stereocenters. The number of pyridine rings is 1. The smallest absolute Gasteiger partial charge is 0.323 e.